The first-order valence-corrected chi connectivity index (χ1v) is 3.37. The van der Waals surface area contributed by atoms with E-state index in [2.05, 4.69) is 35.7 Å². The summed E-state index contributed by atoms with van der Waals surface area (Å²) in [6.45, 7) is 10.7. The summed E-state index contributed by atoms with van der Waals surface area (Å²) in [5.41, 5.74) is 0.919. The van der Waals surface area contributed by atoms with Crippen LogP contribution in [0.5, 0.6) is 5.75 Å². The van der Waals surface area contributed by atoms with Gasteiger partial charge in [0.15, 0.2) is 0 Å². The molecule has 0 saturated carbocycles. The van der Waals surface area contributed by atoms with Crippen molar-refractivity contribution in [2.45, 2.75) is 0 Å². The van der Waals surface area contributed by atoms with Crippen LogP contribution in [-0.2, 0) is 19.5 Å². The molecule has 1 rings (SSSR count). The first-order chi connectivity index (χ1) is 5.79. The number of hydrogen-bond donors (Lipinski definition) is 1. The Bertz CT molecular complexity index is 173. The van der Waals surface area contributed by atoms with E-state index in [9.17, 15) is 0 Å². The van der Waals surface area contributed by atoms with E-state index in [1.165, 1.54) is 0 Å². The standard InChI is InChI=1S/C7H7O.C2H3.Co.O/c1-6-2-4-7(8)5-3-6;1-2;;/h2-5,8H,1H2;1H,2H2;;/q2*-1;;. The molecular weight excluding hydrogens is 199 g/mol. The van der Waals surface area contributed by atoms with E-state index in [0.717, 1.165) is 5.56 Å². The maximum atomic E-state index is 8.73. The zero-order valence-corrected chi connectivity index (χ0v) is 7.53. The van der Waals surface area contributed by atoms with Gasteiger partial charge in [-0.05, 0) is 0 Å². The van der Waals surface area contributed by atoms with E-state index in [1.807, 2.05) is 0 Å². The number of benzene rings is 1. The molecule has 0 fully saturated rings. The predicted octanol–water partition coefficient (Wildman–Crippen LogP) is 2.06. The summed E-state index contributed by atoms with van der Waals surface area (Å²) < 4.78 is 7.94. The second kappa shape index (κ2) is 9.94. The number of phenolic OH excluding ortho intramolecular Hbond substituents is 1. The van der Waals surface area contributed by atoms with Gasteiger partial charge in [-0.1, -0.05) is 12.1 Å². The second-order valence-electron chi connectivity index (χ2n) is 1.67. The van der Waals surface area contributed by atoms with Crippen molar-refractivity contribution in [3.8, 4) is 5.75 Å². The Morgan fingerprint density at radius 2 is 1.58 bits per heavy atom. The fourth-order valence-electron chi connectivity index (χ4n) is 0.496. The van der Waals surface area contributed by atoms with E-state index < -0.39 is 0 Å². The molecule has 2 nitrogen and oxygen atoms in total. The molecule has 3 heteroatoms. The van der Waals surface area contributed by atoms with Crippen LogP contribution in [0.25, 0.3) is 0 Å². The van der Waals surface area contributed by atoms with Crippen molar-refractivity contribution in [1.29, 1.82) is 0 Å². The summed E-state index contributed by atoms with van der Waals surface area (Å²) in [6.07, 6.45) is 0. The molecule has 0 heterocycles. The minimum absolute atomic E-state index is 0.289. The third-order valence-corrected chi connectivity index (χ3v) is 0.936. The Morgan fingerprint density at radius 3 is 1.83 bits per heavy atom. The Hall–Kier alpha value is -1.06. The topological polar surface area (TPSA) is 37.3 Å². The van der Waals surface area contributed by atoms with E-state index in [1.54, 1.807) is 24.3 Å². The van der Waals surface area contributed by atoms with Crippen molar-refractivity contribution in [2.75, 3.05) is 0 Å². The normalized spacial score (nSPS) is 6.75. The first-order valence-electron chi connectivity index (χ1n) is 2.94. The van der Waals surface area contributed by atoms with Gasteiger partial charge in [-0.25, -0.2) is 0 Å². The summed E-state index contributed by atoms with van der Waals surface area (Å²) in [5.74, 6) is 0.289. The van der Waals surface area contributed by atoms with Crippen molar-refractivity contribution >= 4 is 0 Å². The van der Waals surface area contributed by atoms with E-state index >= 15 is 0 Å². The molecule has 0 bridgehead atoms. The summed E-state index contributed by atoms with van der Waals surface area (Å²) >= 11 is 2.31. The van der Waals surface area contributed by atoms with Crippen molar-refractivity contribution in [2.24, 2.45) is 0 Å². The molecule has 0 unspecified atom stereocenters. The van der Waals surface area contributed by atoms with Crippen LogP contribution in [0.1, 0.15) is 5.56 Å². The van der Waals surface area contributed by atoms with Crippen LogP contribution in [0, 0.1) is 13.5 Å². The number of hydrogen-bond acceptors (Lipinski definition) is 2. The van der Waals surface area contributed by atoms with Crippen molar-refractivity contribution in [1.82, 2.24) is 0 Å². The Balaban J connectivity index is 0. The number of aromatic hydroxyl groups is 1. The predicted molar refractivity (Wildman–Crippen MR) is 43.2 cm³/mol. The average molecular weight is 209 g/mol. The van der Waals surface area contributed by atoms with Gasteiger partial charge in [0.2, 0.25) is 0 Å². The van der Waals surface area contributed by atoms with Crippen LogP contribution in [0.4, 0.5) is 0 Å². The monoisotopic (exact) mass is 209 g/mol. The van der Waals surface area contributed by atoms with Gasteiger partial charge in [0.25, 0.3) is 0 Å². The molecule has 0 aromatic heterocycles. The third kappa shape index (κ3) is 7.05. The molecule has 69 valence electrons. The second-order valence-corrected chi connectivity index (χ2v) is 1.67. The zero-order chi connectivity index (χ0) is 9.98. The van der Waals surface area contributed by atoms with Gasteiger partial charge < -0.3 is 11.7 Å². The molecule has 0 radical (unpaired) electrons. The van der Waals surface area contributed by atoms with Gasteiger partial charge in [0.05, 0.1) is 5.75 Å². The van der Waals surface area contributed by atoms with Gasteiger partial charge in [0.1, 0.15) is 0 Å². The molecule has 0 spiro atoms. The third-order valence-electron chi connectivity index (χ3n) is 0.936. The molecule has 0 aliphatic carbocycles. The summed E-state index contributed by atoms with van der Waals surface area (Å²) in [4.78, 5) is 0. The van der Waals surface area contributed by atoms with Crippen LogP contribution in [0.2, 0.25) is 0 Å². The molecule has 0 saturated heterocycles. The van der Waals surface area contributed by atoms with Crippen LogP contribution in [0.3, 0.4) is 0 Å². The van der Waals surface area contributed by atoms with E-state index in [4.69, 9.17) is 8.97 Å². The van der Waals surface area contributed by atoms with Crippen LogP contribution in [0.15, 0.2) is 30.8 Å². The van der Waals surface area contributed by atoms with Crippen molar-refractivity contribution in [3.05, 3.63) is 49.9 Å². The van der Waals surface area contributed by atoms with E-state index in [-0.39, 0.29) is 5.75 Å². The van der Waals surface area contributed by atoms with Gasteiger partial charge in [-0.15, -0.1) is 0 Å². The Kier molecular flexibility index (Phi) is 11.2. The first kappa shape index (κ1) is 13.5. The Labute approximate surface area is 80.7 Å². The minimum atomic E-state index is 0.289. The van der Waals surface area contributed by atoms with Gasteiger partial charge >= 0.3 is 19.5 Å². The average Bonchev–Trinajstić information content (AvgIpc) is 2.17. The van der Waals surface area contributed by atoms with E-state index in [0.29, 0.717) is 0 Å². The van der Waals surface area contributed by atoms with Gasteiger partial charge in [-0.2, -0.15) is 24.6 Å². The summed E-state index contributed by atoms with van der Waals surface area (Å²) in [5, 5.41) is 8.73. The fraction of sp³-hybridized carbons (Fsp3) is 0. The number of phenols is 1. The van der Waals surface area contributed by atoms with Crippen LogP contribution >= 0.6 is 0 Å². The molecule has 1 aromatic carbocycles. The van der Waals surface area contributed by atoms with Crippen LogP contribution in [-0.4, -0.2) is 5.11 Å². The molecular formula is C9H10CoO2-2. The van der Waals surface area contributed by atoms with Crippen molar-refractivity contribution < 1.29 is 24.6 Å². The molecule has 1 N–H and O–H groups in total. The molecule has 1 aromatic rings. The summed E-state index contributed by atoms with van der Waals surface area (Å²) in [6, 6.07) is 6.75. The number of rotatable bonds is 0. The fourth-order valence-corrected chi connectivity index (χ4v) is 0.496. The van der Waals surface area contributed by atoms with Crippen LogP contribution < -0.4 is 0 Å². The summed E-state index contributed by atoms with van der Waals surface area (Å²) in [7, 11) is 0. The van der Waals surface area contributed by atoms with Crippen molar-refractivity contribution in [3.63, 3.8) is 0 Å². The Morgan fingerprint density at radius 1 is 1.25 bits per heavy atom. The zero-order valence-electron chi connectivity index (χ0n) is 6.49. The molecule has 0 atom stereocenters. The molecule has 0 amide bonds. The maximum absolute atomic E-state index is 8.73. The van der Waals surface area contributed by atoms with Gasteiger partial charge in [-0.3, -0.25) is 6.58 Å². The quantitative estimate of drug-likeness (QED) is 0.664. The molecule has 0 aliphatic rings. The molecule has 12 heavy (non-hydrogen) atoms. The molecule has 0 aliphatic heterocycles. The van der Waals surface area contributed by atoms with Gasteiger partial charge in [0, 0.05) is 0 Å². The SMILES string of the molecule is [CH-]=C.[CH2-]c1ccc(O)cc1.[O]=[Co].